The number of hydrogen-bond donors (Lipinski definition) is 0. The second-order valence-corrected chi connectivity index (χ2v) is 7.13. The smallest absolute Gasteiger partial charge is 0.406 e. The fourth-order valence-electron chi connectivity index (χ4n) is 2.85. The molecular weight excluding hydrogens is 389 g/mol. The van der Waals surface area contributed by atoms with Crippen molar-refractivity contribution < 1.29 is 27.3 Å². The highest BCUT2D eigenvalue weighted by atomic mass is 19.4. The van der Waals surface area contributed by atoms with E-state index in [9.17, 15) is 13.2 Å². The highest BCUT2D eigenvalue weighted by molar-refractivity contribution is 5.98. The van der Waals surface area contributed by atoms with Gasteiger partial charge in [0.05, 0.1) is 5.71 Å². The molecule has 0 atom stereocenters. The molecule has 1 aliphatic rings. The largest absolute Gasteiger partial charge is 0.573 e. The summed E-state index contributed by atoms with van der Waals surface area (Å²) in [6, 6.07) is 6.03. The molecule has 0 amide bonds. The first-order chi connectivity index (χ1) is 13.7. The summed E-state index contributed by atoms with van der Waals surface area (Å²) < 4.78 is 45.8. The third-order valence-corrected chi connectivity index (χ3v) is 4.50. The number of rotatable bonds is 6. The molecule has 0 aliphatic carbocycles. The van der Waals surface area contributed by atoms with Gasteiger partial charge in [-0.15, -0.1) is 13.2 Å². The first kappa shape index (κ1) is 20.9. The zero-order chi connectivity index (χ0) is 21.0. The maximum Gasteiger partial charge on any atom is 0.573 e. The van der Waals surface area contributed by atoms with E-state index in [4.69, 9.17) is 9.36 Å². The van der Waals surface area contributed by atoms with Crippen LogP contribution in [0.15, 0.2) is 33.9 Å². The van der Waals surface area contributed by atoms with Gasteiger partial charge in [0.25, 0.3) is 0 Å². The Kier molecular flexibility index (Phi) is 6.29. The number of anilines is 1. The molecule has 1 aromatic carbocycles. The van der Waals surface area contributed by atoms with Gasteiger partial charge in [0.2, 0.25) is 0 Å². The Morgan fingerprint density at radius 1 is 1.21 bits per heavy atom. The van der Waals surface area contributed by atoms with Crippen molar-refractivity contribution in [2.75, 3.05) is 18.0 Å². The standard InChI is InChI=1S/C19H23F3N4O3/c1-12(2)17-23-18(29-25-17)26-10-8-16(9-11-26)28-24-13(3)14-4-6-15(7-5-14)27-19(20,21)22/h4-7,12,16H,8-11H2,1-3H3. The van der Waals surface area contributed by atoms with E-state index in [1.54, 1.807) is 6.92 Å². The van der Waals surface area contributed by atoms with Crippen molar-refractivity contribution in [3.05, 3.63) is 35.7 Å². The molecule has 2 aromatic rings. The molecule has 7 nitrogen and oxygen atoms in total. The predicted octanol–water partition coefficient (Wildman–Crippen LogP) is 4.50. The molecule has 1 saturated heterocycles. The number of halogens is 3. The minimum atomic E-state index is -4.71. The van der Waals surface area contributed by atoms with Crippen molar-refractivity contribution >= 4 is 11.7 Å². The van der Waals surface area contributed by atoms with Gasteiger partial charge in [-0.1, -0.05) is 24.2 Å². The van der Waals surface area contributed by atoms with Crippen LogP contribution in [-0.2, 0) is 4.84 Å². The van der Waals surface area contributed by atoms with Gasteiger partial charge < -0.3 is 19.0 Å². The van der Waals surface area contributed by atoms with Gasteiger partial charge in [-0.05, 0) is 36.8 Å². The quantitative estimate of drug-likeness (QED) is 0.514. The molecule has 29 heavy (non-hydrogen) atoms. The van der Waals surface area contributed by atoms with Crippen molar-refractivity contribution in [2.24, 2.45) is 5.16 Å². The Bertz CT molecular complexity index is 826. The highest BCUT2D eigenvalue weighted by Crippen LogP contribution is 2.24. The fourth-order valence-corrected chi connectivity index (χ4v) is 2.85. The van der Waals surface area contributed by atoms with Crippen LogP contribution in [0.2, 0.25) is 0 Å². The normalized spacial score (nSPS) is 16.4. The van der Waals surface area contributed by atoms with E-state index in [2.05, 4.69) is 20.0 Å². The van der Waals surface area contributed by atoms with Crippen LogP contribution >= 0.6 is 0 Å². The van der Waals surface area contributed by atoms with Crippen LogP contribution in [0.1, 0.15) is 50.9 Å². The summed E-state index contributed by atoms with van der Waals surface area (Å²) in [5, 5.41) is 8.11. The highest BCUT2D eigenvalue weighted by Gasteiger charge is 2.31. The molecule has 0 bridgehead atoms. The van der Waals surface area contributed by atoms with E-state index in [0.717, 1.165) is 12.8 Å². The number of hydrogen-bond acceptors (Lipinski definition) is 7. The SMILES string of the molecule is CC(=NOC1CCN(c2nc(C(C)C)no2)CC1)c1ccc(OC(F)(F)F)cc1. The molecule has 2 heterocycles. The zero-order valence-corrected chi connectivity index (χ0v) is 16.4. The van der Waals surface area contributed by atoms with Crippen LogP contribution in [-0.4, -0.2) is 41.4 Å². The first-order valence-electron chi connectivity index (χ1n) is 9.36. The van der Waals surface area contributed by atoms with Gasteiger partial charge in [0, 0.05) is 31.8 Å². The average Bonchev–Trinajstić information content (AvgIpc) is 3.16. The number of nitrogens with zero attached hydrogens (tertiary/aromatic N) is 4. The number of oxime groups is 1. The monoisotopic (exact) mass is 412 g/mol. The van der Waals surface area contributed by atoms with Crippen molar-refractivity contribution in [3.8, 4) is 5.75 Å². The van der Waals surface area contributed by atoms with E-state index in [-0.39, 0.29) is 17.8 Å². The van der Waals surface area contributed by atoms with Gasteiger partial charge in [0.1, 0.15) is 11.9 Å². The minimum absolute atomic E-state index is 0.0541. The summed E-state index contributed by atoms with van der Waals surface area (Å²) in [6.07, 6.45) is -3.27. The van der Waals surface area contributed by atoms with Crippen LogP contribution in [0.3, 0.4) is 0 Å². The third-order valence-electron chi connectivity index (χ3n) is 4.50. The maximum atomic E-state index is 12.2. The Morgan fingerprint density at radius 3 is 2.41 bits per heavy atom. The molecule has 0 radical (unpaired) electrons. The summed E-state index contributed by atoms with van der Waals surface area (Å²) in [7, 11) is 0. The van der Waals surface area contributed by atoms with Crippen molar-refractivity contribution in [3.63, 3.8) is 0 Å². The molecule has 0 unspecified atom stereocenters. The zero-order valence-electron chi connectivity index (χ0n) is 16.4. The van der Waals surface area contributed by atoms with Gasteiger partial charge in [-0.25, -0.2) is 0 Å². The molecule has 10 heteroatoms. The van der Waals surface area contributed by atoms with E-state index < -0.39 is 6.36 Å². The fraction of sp³-hybridized carbons (Fsp3) is 0.526. The Labute approximate surface area is 166 Å². The Hall–Kier alpha value is -2.78. The summed E-state index contributed by atoms with van der Waals surface area (Å²) in [4.78, 5) is 12.0. The number of ether oxygens (including phenoxy) is 1. The van der Waals surface area contributed by atoms with E-state index >= 15 is 0 Å². The van der Waals surface area contributed by atoms with Crippen LogP contribution in [0.4, 0.5) is 19.2 Å². The molecule has 1 aromatic heterocycles. The molecule has 1 fully saturated rings. The summed E-state index contributed by atoms with van der Waals surface area (Å²) in [6.45, 7) is 7.17. The van der Waals surface area contributed by atoms with Crippen molar-refractivity contribution in [1.29, 1.82) is 0 Å². The average molecular weight is 412 g/mol. The lowest BCUT2D eigenvalue weighted by Crippen LogP contribution is -2.36. The molecule has 0 spiro atoms. The second kappa shape index (κ2) is 8.71. The molecular formula is C19H23F3N4O3. The van der Waals surface area contributed by atoms with Crippen molar-refractivity contribution in [1.82, 2.24) is 10.1 Å². The number of benzene rings is 1. The van der Waals surface area contributed by atoms with Crippen LogP contribution < -0.4 is 9.64 Å². The second-order valence-electron chi connectivity index (χ2n) is 7.13. The Balaban J connectivity index is 1.50. The summed E-state index contributed by atoms with van der Waals surface area (Å²) in [5.41, 5.74) is 1.23. The van der Waals surface area contributed by atoms with Crippen molar-refractivity contribution in [2.45, 2.75) is 52.0 Å². The number of piperidine rings is 1. The first-order valence-corrected chi connectivity index (χ1v) is 9.36. The molecule has 3 rings (SSSR count). The van der Waals surface area contributed by atoms with Gasteiger partial charge in [0.15, 0.2) is 5.82 Å². The number of alkyl halides is 3. The lowest BCUT2D eigenvalue weighted by Gasteiger charge is -2.29. The van der Waals surface area contributed by atoms with Gasteiger partial charge in [-0.2, -0.15) is 4.98 Å². The third kappa shape index (κ3) is 5.85. The van der Waals surface area contributed by atoms with Gasteiger partial charge >= 0.3 is 12.4 Å². The molecule has 1 aliphatic heterocycles. The predicted molar refractivity (Wildman–Crippen MR) is 100 cm³/mol. The lowest BCUT2D eigenvalue weighted by molar-refractivity contribution is -0.274. The lowest BCUT2D eigenvalue weighted by atomic mass is 10.1. The van der Waals surface area contributed by atoms with Gasteiger partial charge in [-0.3, -0.25) is 0 Å². The van der Waals surface area contributed by atoms with Crippen LogP contribution in [0.5, 0.6) is 5.75 Å². The summed E-state index contributed by atoms with van der Waals surface area (Å²) >= 11 is 0. The van der Waals surface area contributed by atoms with Crippen LogP contribution in [0.25, 0.3) is 0 Å². The van der Waals surface area contributed by atoms with E-state index in [0.29, 0.717) is 36.2 Å². The summed E-state index contributed by atoms with van der Waals surface area (Å²) in [5.74, 6) is 0.619. The number of aromatic nitrogens is 2. The maximum absolute atomic E-state index is 12.2. The molecule has 0 saturated carbocycles. The minimum Gasteiger partial charge on any atom is -0.406 e. The Morgan fingerprint density at radius 2 is 1.86 bits per heavy atom. The van der Waals surface area contributed by atoms with E-state index in [1.807, 2.05) is 18.7 Å². The molecule has 158 valence electrons. The van der Waals surface area contributed by atoms with E-state index in [1.165, 1.54) is 24.3 Å². The van der Waals surface area contributed by atoms with Crippen LogP contribution in [0, 0.1) is 0 Å². The molecule has 0 N–H and O–H groups in total. The topological polar surface area (TPSA) is 73.0 Å².